The van der Waals surface area contributed by atoms with E-state index in [0.29, 0.717) is 11.3 Å². The van der Waals surface area contributed by atoms with Crippen LogP contribution in [0.1, 0.15) is 17.3 Å². The molecule has 0 spiro atoms. The van der Waals surface area contributed by atoms with E-state index >= 15 is 0 Å². The molecule has 150 valence electrons. The summed E-state index contributed by atoms with van der Waals surface area (Å²) in [5.41, 5.74) is 1.45. The fourth-order valence-electron chi connectivity index (χ4n) is 2.55. The van der Waals surface area contributed by atoms with Gasteiger partial charge in [0.1, 0.15) is 0 Å². The summed E-state index contributed by atoms with van der Waals surface area (Å²) in [6.07, 6.45) is 2.64. The van der Waals surface area contributed by atoms with Crippen molar-refractivity contribution in [3.05, 3.63) is 78.6 Å². The number of esters is 1. The van der Waals surface area contributed by atoms with Crippen LogP contribution in [0.3, 0.4) is 0 Å². The lowest BCUT2D eigenvalue weighted by Crippen LogP contribution is -2.30. The number of primary sulfonamides is 1. The van der Waals surface area contributed by atoms with E-state index in [1.807, 2.05) is 35.2 Å². The highest BCUT2D eigenvalue weighted by Crippen LogP contribution is 2.15. The quantitative estimate of drug-likeness (QED) is 0.601. The van der Waals surface area contributed by atoms with E-state index in [1.54, 1.807) is 18.2 Å². The summed E-state index contributed by atoms with van der Waals surface area (Å²) in [5, 5.41) is 7.59. The van der Waals surface area contributed by atoms with Gasteiger partial charge in [-0.3, -0.25) is 4.79 Å². The summed E-state index contributed by atoms with van der Waals surface area (Å²) >= 11 is 0. The van der Waals surface area contributed by atoms with Crippen molar-refractivity contribution in [1.29, 1.82) is 0 Å². The minimum atomic E-state index is -3.81. The molecule has 1 heterocycles. The summed E-state index contributed by atoms with van der Waals surface area (Å²) in [5.74, 6) is -1.19. The van der Waals surface area contributed by atoms with E-state index in [4.69, 9.17) is 9.88 Å². The summed E-state index contributed by atoms with van der Waals surface area (Å²) in [6, 6.07) is 15.9. The van der Waals surface area contributed by atoms with E-state index < -0.39 is 28.0 Å². The molecule has 1 amide bonds. The maximum atomic E-state index is 12.4. The van der Waals surface area contributed by atoms with Gasteiger partial charge in [0.2, 0.25) is 10.0 Å². The summed E-state index contributed by atoms with van der Waals surface area (Å²) in [7, 11) is -3.81. The highest BCUT2D eigenvalue weighted by atomic mass is 32.2. The molecule has 0 aliphatic carbocycles. The van der Waals surface area contributed by atoms with Gasteiger partial charge in [0.05, 0.1) is 10.5 Å². The van der Waals surface area contributed by atoms with Crippen LogP contribution in [0.4, 0.5) is 5.69 Å². The lowest BCUT2D eigenvalue weighted by molar-refractivity contribution is -0.123. The van der Waals surface area contributed by atoms with Gasteiger partial charge in [0, 0.05) is 23.8 Å². The third-order valence-corrected chi connectivity index (χ3v) is 5.02. The Morgan fingerprint density at radius 3 is 2.31 bits per heavy atom. The Hall–Kier alpha value is -3.43. The number of sulfonamides is 1. The van der Waals surface area contributed by atoms with Crippen LogP contribution in [0.2, 0.25) is 0 Å². The van der Waals surface area contributed by atoms with Crippen molar-refractivity contribution in [2.75, 3.05) is 5.32 Å². The number of nitrogens with zero attached hydrogens (tertiary/aromatic N) is 1. The average Bonchev–Trinajstić information content (AvgIpc) is 3.22. The fraction of sp³-hybridized carbons (Fsp3) is 0.100. The van der Waals surface area contributed by atoms with Crippen LogP contribution in [-0.4, -0.2) is 31.0 Å². The van der Waals surface area contributed by atoms with Crippen LogP contribution in [0.5, 0.6) is 0 Å². The number of nitrogens with two attached hydrogens (primary N) is 1. The number of anilines is 1. The first-order chi connectivity index (χ1) is 13.7. The van der Waals surface area contributed by atoms with Crippen LogP contribution in [0.15, 0.2) is 78.0 Å². The maximum absolute atomic E-state index is 12.4. The number of amides is 1. The van der Waals surface area contributed by atoms with Crippen LogP contribution in [0, 0.1) is 0 Å². The van der Waals surface area contributed by atoms with E-state index in [1.165, 1.54) is 31.2 Å². The molecule has 3 N–H and O–H groups in total. The fourth-order valence-corrected chi connectivity index (χ4v) is 3.07. The number of carbonyl (C=O) groups is 2. The van der Waals surface area contributed by atoms with Gasteiger partial charge >= 0.3 is 5.97 Å². The van der Waals surface area contributed by atoms with E-state index in [-0.39, 0.29) is 4.90 Å². The van der Waals surface area contributed by atoms with Gasteiger partial charge < -0.3 is 14.6 Å². The van der Waals surface area contributed by atoms with E-state index in [0.717, 1.165) is 5.69 Å². The molecule has 0 aliphatic heterocycles. The topological polar surface area (TPSA) is 120 Å². The van der Waals surface area contributed by atoms with Crippen molar-refractivity contribution in [1.82, 2.24) is 4.57 Å². The molecule has 9 heteroatoms. The number of benzene rings is 2. The standard InChI is InChI=1S/C20H19N3O5S/c1-14(19(24)22-16-7-9-18(10-8-16)29(21,26)27)28-20(25)15-5-4-6-17(13-15)23-11-2-3-12-23/h2-14H,1H3,(H,22,24)(H2,21,26,27)/t14-/m0/s1. The summed E-state index contributed by atoms with van der Waals surface area (Å²) in [4.78, 5) is 24.6. The molecule has 0 aliphatic rings. The highest BCUT2D eigenvalue weighted by molar-refractivity contribution is 7.89. The van der Waals surface area contributed by atoms with E-state index in [2.05, 4.69) is 5.32 Å². The molecule has 0 saturated heterocycles. The Morgan fingerprint density at radius 2 is 1.69 bits per heavy atom. The number of ether oxygens (including phenoxy) is 1. The normalized spacial score (nSPS) is 12.2. The Kier molecular flexibility index (Phi) is 5.81. The number of rotatable bonds is 6. The molecule has 0 bridgehead atoms. The summed E-state index contributed by atoms with van der Waals surface area (Å²) in [6.45, 7) is 1.45. The van der Waals surface area contributed by atoms with Crippen LogP contribution >= 0.6 is 0 Å². The number of hydrogen-bond acceptors (Lipinski definition) is 5. The third-order valence-electron chi connectivity index (χ3n) is 4.09. The molecular formula is C20H19N3O5S. The highest BCUT2D eigenvalue weighted by Gasteiger charge is 2.19. The van der Waals surface area contributed by atoms with E-state index in [9.17, 15) is 18.0 Å². The molecular weight excluding hydrogens is 394 g/mol. The smallest absolute Gasteiger partial charge is 0.338 e. The second-order valence-corrected chi connectivity index (χ2v) is 7.81. The van der Waals surface area contributed by atoms with Crippen molar-refractivity contribution in [2.24, 2.45) is 5.14 Å². The van der Waals surface area contributed by atoms with Crippen molar-refractivity contribution < 1.29 is 22.7 Å². The predicted octanol–water partition coefficient (Wildman–Crippen LogP) is 2.31. The van der Waals surface area contributed by atoms with Gasteiger partial charge in [-0.05, 0) is 61.5 Å². The lowest BCUT2D eigenvalue weighted by Gasteiger charge is -2.14. The maximum Gasteiger partial charge on any atom is 0.338 e. The molecule has 0 unspecified atom stereocenters. The zero-order valence-corrected chi connectivity index (χ0v) is 16.3. The Balaban J connectivity index is 1.63. The lowest BCUT2D eigenvalue weighted by atomic mass is 10.2. The first kappa shape index (κ1) is 20.3. The van der Waals surface area contributed by atoms with Crippen LogP contribution in [0.25, 0.3) is 5.69 Å². The van der Waals surface area contributed by atoms with Crippen molar-refractivity contribution in [2.45, 2.75) is 17.9 Å². The SMILES string of the molecule is C[C@H](OC(=O)c1cccc(-n2cccc2)c1)C(=O)Nc1ccc(S(N)(=O)=O)cc1. The van der Waals surface area contributed by atoms with Crippen molar-refractivity contribution in [3.63, 3.8) is 0 Å². The molecule has 0 saturated carbocycles. The first-order valence-electron chi connectivity index (χ1n) is 8.62. The molecule has 0 fully saturated rings. The number of aromatic nitrogens is 1. The summed E-state index contributed by atoms with van der Waals surface area (Å²) < 4.78 is 29.6. The van der Waals surface area contributed by atoms with Gasteiger partial charge in [-0.2, -0.15) is 0 Å². The molecule has 1 aromatic heterocycles. The molecule has 29 heavy (non-hydrogen) atoms. The zero-order chi connectivity index (χ0) is 21.0. The monoisotopic (exact) mass is 413 g/mol. The number of nitrogens with one attached hydrogen (secondary N) is 1. The Labute approximate surface area is 168 Å². The first-order valence-corrected chi connectivity index (χ1v) is 10.2. The van der Waals surface area contributed by atoms with Crippen molar-refractivity contribution in [3.8, 4) is 5.69 Å². The second kappa shape index (κ2) is 8.29. The van der Waals surface area contributed by atoms with Crippen LogP contribution < -0.4 is 10.5 Å². The molecule has 8 nitrogen and oxygen atoms in total. The number of carbonyl (C=O) groups excluding carboxylic acids is 2. The largest absolute Gasteiger partial charge is 0.449 e. The number of hydrogen-bond donors (Lipinski definition) is 2. The minimum absolute atomic E-state index is 0.0717. The second-order valence-electron chi connectivity index (χ2n) is 6.25. The Morgan fingerprint density at radius 1 is 1.03 bits per heavy atom. The van der Waals surface area contributed by atoms with Crippen molar-refractivity contribution >= 4 is 27.6 Å². The third kappa shape index (κ3) is 5.09. The molecule has 3 rings (SSSR count). The molecule has 3 aromatic rings. The van der Waals surface area contributed by atoms with Gasteiger partial charge in [-0.15, -0.1) is 0 Å². The Bertz CT molecular complexity index is 1120. The van der Waals surface area contributed by atoms with Gasteiger partial charge in [0.15, 0.2) is 6.10 Å². The average molecular weight is 413 g/mol. The molecule has 2 aromatic carbocycles. The zero-order valence-electron chi connectivity index (χ0n) is 15.5. The van der Waals surface area contributed by atoms with Crippen LogP contribution in [-0.2, 0) is 19.6 Å². The minimum Gasteiger partial charge on any atom is -0.449 e. The van der Waals surface area contributed by atoms with Gasteiger partial charge in [-0.25, -0.2) is 18.4 Å². The predicted molar refractivity (Wildman–Crippen MR) is 107 cm³/mol. The molecule has 1 atom stereocenters. The molecule has 0 radical (unpaired) electrons. The van der Waals surface area contributed by atoms with Gasteiger partial charge in [0.25, 0.3) is 5.91 Å². The van der Waals surface area contributed by atoms with Gasteiger partial charge in [-0.1, -0.05) is 6.07 Å².